The van der Waals surface area contributed by atoms with Gasteiger partial charge in [0.25, 0.3) is 0 Å². The number of hydrogen-bond acceptors (Lipinski definition) is 1. The minimum absolute atomic E-state index is 1.13. The third-order valence-corrected chi connectivity index (χ3v) is 4.54. The molecule has 1 nitrogen and oxygen atoms in total. The first kappa shape index (κ1) is 17.0. The van der Waals surface area contributed by atoms with Gasteiger partial charge >= 0.3 is 0 Å². The van der Waals surface area contributed by atoms with Crippen LogP contribution in [0.15, 0.2) is 36.5 Å². The van der Waals surface area contributed by atoms with E-state index in [0.717, 1.165) is 5.52 Å². The summed E-state index contributed by atoms with van der Waals surface area (Å²) in [6.45, 7) is 2.28. The van der Waals surface area contributed by atoms with Crippen molar-refractivity contribution < 1.29 is 0 Å². The second-order valence-electron chi connectivity index (χ2n) is 6.42. The number of pyridine rings is 1. The summed E-state index contributed by atoms with van der Waals surface area (Å²) in [5, 5.41) is 1.33. The van der Waals surface area contributed by atoms with Gasteiger partial charge in [0.1, 0.15) is 0 Å². The van der Waals surface area contributed by atoms with Crippen LogP contribution in [0.3, 0.4) is 0 Å². The fraction of sp³-hybridized carbons (Fsp3) is 0.571. The van der Waals surface area contributed by atoms with E-state index in [1.807, 2.05) is 6.20 Å². The van der Waals surface area contributed by atoms with Gasteiger partial charge < -0.3 is 0 Å². The van der Waals surface area contributed by atoms with Gasteiger partial charge in [-0.3, -0.25) is 4.98 Å². The summed E-state index contributed by atoms with van der Waals surface area (Å²) in [4.78, 5) is 4.44. The van der Waals surface area contributed by atoms with Crippen molar-refractivity contribution in [2.24, 2.45) is 0 Å². The standard InChI is InChI=1S/C21H31N/c1-2-3-4-5-6-7-8-9-10-11-14-19-17-18-22-21-16-13-12-15-20(19)21/h12-13,15-18H,2-11,14H2,1H3. The maximum atomic E-state index is 4.44. The van der Waals surface area contributed by atoms with Gasteiger partial charge in [0.15, 0.2) is 0 Å². The summed E-state index contributed by atoms with van der Waals surface area (Å²) < 4.78 is 0. The van der Waals surface area contributed by atoms with E-state index in [1.54, 1.807) is 0 Å². The van der Waals surface area contributed by atoms with Crippen molar-refractivity contribution in [3.8, 4) is 0 Å². The number of rotatable bonds is 11. The highest BCUT2D eigenvalue weighted by Gasteiger charge is 2.01. The number of hydrogen-bond donors (Lipinski definition) is 0. The molecule has 0 fully saturated rings. The second kappa shape index (κ2) is 10.4. The van der Waals surface area contributed by atoms with Gasteiger partial charge in [0.2, 0.25) is 0 Å². The Labute approximate surface area is 136 Å². The molecule has 0 spiro atoms. The average Bonchev–Trinajstić information content (AvgIpc) is 2.56. The minimum Gasteiger partial charge on any atom is -0.256 e. The molecule has 2 rings (SSSR count). The molecule has 0 aliphatic heterocycles. The molecule has 1 heterocycles. The van der Waals surface area contributed by atoms with Crippen molar-refractivity contribution in [3.05, 3.63) is 42.1 Å². The quantitative estimate of drug-likeness (QED) is 0.421. The molecule has 0 saturated carbocycles. The van der Waals surface area contributed by atoms with E-state index in [0.29, 0.717) is 0 Å². The van der Waals surface area contributed by atoms with Crippen LogP contribution < -0.4 is 0 Å². The van der Waals surface area contributed by atoms with Crippen molar-refractivity contribution in [2.45, 2.75) is 77.6 Å². The predicted octanol–water partition coefficient (Wildman–Crippen LogP) is 6.70. The topological polar surface area (TPSA) is 12.9 Å². The average molecular weight is 297 g/mol. The van der Waals surface area contributed by atoms with E-state index in [1.165, 1.54) is 81.6 Å². The molecule has 0 unspecified atom stereocenters. The van der Waals surface area contributed by atoms with E-state index in [9.17, 15) is 0 Å². The first-order valence-corrected chi connectivity index (χ1v) is 9.24. The Morgan fingerprint density at radius 1 is 0.727 bits per heavy atom. The zero-order chi connectivity index (χ0) is 15.5. The SMILES string of the molecule is CCCCCCCCCCCCc1ccnc2ccccc12. The predicted molar refractivity (Wildman–Crippen MR) is 97.3 cm³/mol. The lowest BCUT2D eigenvalue weighted by atomic mass is 10.0. The third kappa shape index (κ3) is 5.79. The molecule has 22 heavy (non-hydrogen) atoms. The van der Waals surface area contributed by atoms with Crippen molar-refractivity contribution in [3.63, 3.8) is 0 Å². The Morgan fingerprint density at radius 2 is 1.36 bits per heavy atom. The molecule has 0 bridgehead atoms. The normalized spacial score (nSPS) is 11.1. The van der Waals surface area contributed by atoms with Crippen LogP contribution in [0.2, 0.25) is 0 Å². The smallest absolute Gasteiger partial charge is 0.0704 e. The summed E-state index contributed by atoms with van der Waals surface area (Å²) in [5.74, 6) is 0. The Kier molecular flexibility index (Phi) is 8.01. The lowest BCUT2D eigenvalue weighted by molar-refractivity contribution is 0.556. The molecule has 0 saturated heterocycles. The van der Waals surface area contributed by atoms with Gasteiger partial charge in [-0.05, 0) is 30.5 Å². The lowest BCUT2D eigenvalue weighted by Gasteiger charge is -2.06. The molecule has 1 aromatic heterocycles. The summed E-state index contributed by atoms with van der Waals surface area (Å²) >= 11 is 0. The van der Waals surface area contributed by atoms with Crippen LogP contribution in [0.25, 0.3) is 10.9 Å². The van der Waals surface area contributed by atoms with Crippen LogP contribution in [0, 0.1) is 0 Å². The third-order valence-electron chi connectivity index (χ3n) is 4.54. The van der Waals surface area contributed by atoms with Crippen LogP contribution in [0.4, 0.5) is 0 Å². The van der Waals surface area contributed by atoms with Gasteiger partial charge in [-0.1, -0.05) is 82.9 Å². The van der Waals surface area contributed by atoms with Crippen LogP contribution in [-0.2, 0) is 6.42 Å². The van der Waals surface area contributed by atoms with E-state index in [4.69, 9.17) is 0 Å². The monoisotopic (exact) mass is 297 g/mol. The van der Waals surface area contributed by atoms with Crippen molar-refractivity contribution >= 4 is 10.9 Å². The molecule has 0 N–H and O–H groups in total. The fourth-order valence-corrected chi connectivity index (χ4v) is 3.18. The first-order chi connectivity index (χ1) is 10.9. The highest BCUT2D eigenvalue weighted by Crippen LogP contribution is 2.19. The highest BCUT2D eigenvalue weighted by molar-refractivity contribution is 5.81. The number of aryl methyl sites for hydroxylation is 1. The van der Waals surface area contributed by atoms with Crippen LogP contribution in [0.1, 0.15) is 76.7 Å². The number of fused-ring (bicyclic) bond motifs is 1. The van der Waals surface area contributed by atoms with Crippen molar-refractivity contribution in [1.82, 2.24) is 4.98 Å². The van der Waals surface area contributed by atoms with Gasteiger partial charge in [-0.25, -0.2) is 0 Å². The molecule has 2 aromatic rings. The summed E-state index contributed by atoms with van der Waals surface area (Å²) in [6.07, 6.45) is 17.2. The zero-order valence-electron chi connectivity index (χ0n) is 14.2. The number of para-hydroxylation sites is 1. The number of nitrogens with zero attached hydrogens (tertiary/aromatic N) is 1. The highest BCUT2D eigenvalue weighted by atomic mass is 14.6. The second-order valence-corrected chi connectivity index (χ2v) is 6.42. The number of unbranched alkanes of at least 4 members (excludes halogenated alkanes) is 9. The number of benzene rings is 1. The molecular weight excluding hydrogens is 266 g/mol. The number of aromatic nitrogens is 1. The van der Waals surface area contributed by atoms with Gasteiger partial charge in [-0.15, -0.1) is 0 Å². The molecule has 0 radical (unpaired) electrons. The van der Waals surface area contributed by atoms with E-state index in [2.05, 4.69) is 42.2 Å². The van der Waals surface area contributed by atoms with Crippen LogP contribution in [0.5, 0.6) is 0 Å². The fourth-order valence-electron chi connectivity index (χ4n) is 3.18. The maximum absolute atomic E-state index is 4.44. The molecule has 0 amide bonds. The minimum atomic E-state index is 1.13. The summed E-state index contributed by atoms with van der Waals surface area (Å²) in [6, 6.07) is 10.7. The Morgan fingerprint density at radius 3 is 2.09 bits per heavy atom. The van der Waals surface area contributed by atoms with Gasteiger partial charge in [0, 0.05) is 11.6 Å². The lowest BCUT2D eigenvalue weighted by Crippen LogP contribution is -1.90. The molecule has 0 aliphatic rings. The summed E-state index contributed by atoms with van der Waals surface area (Å²) in [7, 11) is 0. The van der Waals surface area contributed by atoms with Crippen molar-refractivity contribution in [1.29, 1.82) is 0 Å². The molecule has 0 aliphatic carbocycles. The molecule has 0 atom stereocenters. The molecule has 1 aromatic carbocycles. The largest absolute Gasteiger partial charge is 0.256 e. The van der Waals surface area contributed by atoms with Crippen LogP contribution >= 0.6 is 0 Å². The Balaban J connectivity index is 1.59. The molecular formula is C21H31N. The first-order valence-electron chi connectivity index (χ1n) is 9.24. The maximum Gasteiger partial charge on any atom is 0.0704 e. The van der Waals surface area contributed by atoms with Crippen LogP contribution in [-0.4, -0.2) is 4.98 Å². The summed E-state index contributed by atoms with van der Waals surface area (Å²) in [5.41, 5.74) is 2.59. The van der Waals surface area contributed by atoms with E-state index < -0.39 is 0 Å². The Hall–Kier alpha value is -1.37. The molecule has 120 valence electrons. The van der Waals surface area contributed by atoms with E-state index in [-0.39, 0.29) is 0 Å². The van der Waals surface area contributed by atoms with Gasteiger partial charge in [0.05, 0.1) is 5.52 Å². The van der Waals surface area contributed by atoms with Crippen molar-refractivity contribution in [2.75, 3.05) is 0 Å². The van der Waals surface area contributed by atoms with E-state index >= 15 is 0 Å². The zero-order valence-corrected chi connectivity index (χ0v) is 14.2. The Bertz CT molecular complexity index is 527. The molecule has 1 heteroatoms. The van der Waals surface area contributed by atoms with Gasteiger partial charge in [-0.2, -0.15) is 0 Å².